The Hall–Kier alpha value is -3.78. The Morgan fingerprint density at radius 2 is 2.00 bits per heavy atom. The topological polar surface area (TPSA) is 97.0 Å². The van der Waals surface area contributed by atoms with Crippen LogP contribution in [0.1, 0.15) is 28.5 Å². The van der Waals surface area contributed by atoms with Gasteiger partial charge in [0.15, 0.2) is 0 Å². The Morgan fingerprint density at radius 1 is 1.19 bits per heavy atom. The highest BCUT2D eigenvalue weighted by Crippen LogP contribution is 2.29. The molecular formula is C24H22N4O3S. The Morgan fingerprint density at radius 3 is 2.78 bits per heavy atom. The van der Waals surface area contributed by atoms with Gasteiger partial charge in [-0.1, -0.05) is 30.3 Å². The number of carbonyl (C=O) groups excluding carboxylic acids is 1. The van der Waals surface area contributed by atoms with Crippen LogP contribution in [-0.4, -0.2) is 27.5 Å². The molecule has 32 heavy (non-hydrogen) atoms. The first-order chi connectivity index (χ1) is 15.5. The third kappa shape index (κ3) is 4.76. The van der Waals surface area contributed by atoms with E-state index >= 15 is 0 Å². The molecule has 162 valence electrons. The summed E-state index contributed by atoms with van der Waals surface area (Å²) in [5.74, 6) is 0.266. The van der Waals surface area contributed by atoms with E-state index in [1.54, 1.807) is 26.1 Å². The monoisotopic (exact) mass is 446 g/mol. The Balaban J connectivity index is 1.59. The molecule has 0 atom stereocenters. The molecule has 4 aromatic rings. The lowest BCUT2D eigenvalue weighted by Gasteiger charge is -2.07. The van der Waals surface area contributed by atoms with E-state index in [2.05, 4.69) is 20.3 Å². The molecule has 0 spiro atoms. The Kier molecular flexibility index (Phi) is 6.42. The van der Waals surface area contributed by atoms with Gasteiger partial charge in [-0.15, -0.1) is 11.3 Å². The molecule has 0 saturated heterocycles. The van der Waals surface area contributed by atoms with Crippen molar-refractivity contribution in [2.45, 2.75) is 20.4 Å². The van der Waals surface area contributed by atoms with Crippen molar-refractivity contribution in [1.29, 1.82) is 0 Å². The van der Waals surface area contributed by atoms with Crippen LogP contribution in [0.25, 0.3) is 21.8 Å². The fourth-order valence-electron chi connectivity index (χ4n) is 3.21. The van der Waals surface area contributed by atoms with Crippen LogP contribution in [0.5, 0.6) is 0 Å². The van der Waals surface area contributed by atoms with E-state index in [-0.39, 0.29) is 12.2 Å². The van der Waals surface area contributed by atoms with Gasteiger partial charge in [-0.2, -0.15) is 0 Å². The van der Waals surface area contributed by atoms with E-state index in [9.17, 15) is 9.59 Å². The van der Waals surface area contributed by atoms with Gasteiger partial charge in [-0.05, 0) is 37.6 Å². The summed E-state index contributed by atoms with van der Waals surface area (Å²) in [6.45, 7) is 4.33. The molecule has 3 aromatic heterocycles. The molecule has 0 saturated carbocycles. The number of benzene rings is 1. The van der Waals surface area contributed by atoms with Crippen molar-refractivity contribution < 1.29 is 9.53 Å². The number of aromatic amines is 1. The van der Waals surface area contributed by atoms with Gasteiger partial charge in [0.25, 0.3) is 5.56 Å². The minimum atomic E-state index is -0.471. The number of nitrogens with one attached hydrogen (secondary N) is 2. The van der Waals surface area contributed by atoms with Gasteiger partial charge >= 0.3 is 5.97 Å². The molecule has 0 amide bonds. The molecule has 0 fully saturated rings. The van der Waals surface area contributed by atoms with E-state index in [1.807, 2.05) is 47.8 Å². The van der Waals surface area contributed by atoms with Crippen molar-refractivity contribution >= 4 is 23.1 Å². The summed E-state index contributed by atoms with van der Waals surface area (Å²) < 4.78 is 5.09. The third-order valence-electron chi connectivity index (χ3n) is 4.84. The quantitative estimate of drug-likeness (QED) is 0.401. The molecular weight excluding hydrogens is 424 g/mol. The SMILES string of the molecule is CCOC(=O)c1cc(-c2csc(-c3ccnc(NCc4ccccc4)c3)n2)c(=O)[nH]c1C. The normalized spacial score (nSPS) is 10.7. The van der Waals surface area contributed by atoms with Crippen LogP contribution in [0.4, 0.5) is 5.82 Å². The highest BCUT2D eigenvalue weighted by atomic mass is 32.1. The van der Waals surface area contributed by atoms with Gasteiger partial charge in [0.05, 0.1) is 23.4 Å². The lowest BCUT2D eigenvalue weighted by atomic mass is 10.1. The largest absolute Gasteiger partial charge is 0.462 e. The average Bonchev–Trinajstić information content (AvgIpc) is 3.29. The number of rotatable bonds is 7. The molecule has 8 heteroatoms. The maximum absolute atomic E-state index is 12.5. The average molecular weight is 447 g/mol. The fourth-order valence-corrected chi connectivity index (χ4v) is 4.03. The number of thiazole rings is 1. The van der Waals surface area contributed by atoms with Crippen molar-refractivity contribution in [1.82, 2.24) is 15.0 Å². The summed E-state index contributed by atoms with van der Waals surface area (Å²) in [6, 6.07) is 15.4. The molecule has 2 N–H and O–H groups in total. The first kappa shape index (κ1) is 21.5. The molecule has 1 aromatic carbocycles. The van der Waals surface area contributed by atoms with Crippen LogP contribution in [0.15, 0.2) is 64.9 Å². The van der Waals surface area contributed by atoms with Crippen LogP contribution in [0.3, 0.4) is 0 Å². The summed E-state index contributed by atoms with van der Waals surface area (Å²) in [6.07, 6.45) is 1.72. The minimum Gasteiger partial charge on any atom is -0.462 e. The zero-order valence-electron chi connectivity index (χ0n) is 17.7. The van der Waals surface area contributed by atoms with E-state index < -0.39 is 5.97 Å². The number of H-pyrrole nitrogens is 1. The molecule has 0 aliphatic rings. The van der Waals surface area contributed by atoms with E-state index in [0.717, 1.165) is 22.0 Å². The maximum atomic E-state index is 12.5. The molecule has 4 rings (SSSR count). The van der Waals surface area contributed by atoms with Crippen LogP contribution >= 0.6 is 11.3 Å². The molecule has 0 unspecified atom stereocenters. The van der Waals surface area contributed by atoms with Gasteiger partial charge in [0.2, 0.25) is 0 Å². The van der Waals surface area contributed by atoms with Crippen molar-refractivity contribution in [3.05, 3.63) is 87.3 Å². The summed E-state index contributed by atoms with van der Waals surface area (Å²) >= 11 is 1.42. The number of anilines is 1. The van der Waals surface area contributed by atoms with Crippen molar-refractivity contribution in [2.24, 2.45) is 0 Å². The van der Waals surface area contributed by atoms with Gasteiger partial charge in [0.1, 0.15) is 10.8 Å². The van der Waals surface area contributed by atoms with Crippen molar-refractivity contribution in [3.63, 3.8) is 0 Å². The molecule has 7 nitrogen and oxygen atoms in total. The second-order valence-corrected chi connectivity index (χ2v) is 7.94. The number of ether oxygens (including phenoxy) is 1. The number of aryl methyl sites for hydroxylation is 1. The number of carbonyl (C=O) groups is 1. The van der Waals surface area contributed by atoms with Gasteiger partial charge in [-0.25, -0.2) is 14.8 Å². The lowest BCUT2D eigenvalue weighted by Crippen LogP contribution is -2.16. The van der Waals surface area contributed by atoms with Crippen molar-refractivity contribution in [3.8, 4) is 21.8 Å². The summed E-state index contributed by atoms with van der Waals surface area (Å²) in [4.78, 5) is 36.5. The van der Waals surface area contributed by atoms with Crippen molar-refractivity contribution in [2.75, 3.05) is 11.9 Å². The van der Waals surface area contributed by atoms with E-state index in [1.165, 1.54) is 11.3 Å². The molecule has 0 radical (unpaired) electrons. The molecule has 0 aliphatic heterocycles. The minimum absolute atomic E-state index is 0.260. The smallest absolute Gasteiger partial charge is 0.339 e. The molecule has 0 bridgehead atoms. The van der Waals surface area contributed by atoms with Crippen LogP contribution < -0.4 is 10.9 Å². The number of nitrogens with zero attached hydrogens (tertiary/aromatic N) is 2. The molecule has 0 aliphatic carbocycles. The molecule has 3 heterocycles. The second kappa shape index (κ2) is 9.57. The van der Waals surface area contributed by atoms with Gasteiger partial charge in [-0.3, -0.25) is 4.79 Å². The number of aromatic nitrogens is 3. The predicted octanol–water partition coefficient (Wildman–Crippen LogP) is 4.66. The lowest BCUT2D eigenvalue weighted by molar-refractivity contribution is 0.0525. The summed E-state index contributed by atoms with van der Waals surface area (Å²) in [5, 5.41) is 5.88. The van der Waals surface area contributed by atoms with Crippen LogP contribution in [0, 0.1) is 6.92 Å². The van der Waals surface area contributed by atoms with Gasteiger partial charge in [0, 0.05) is 29.4 Å². The number of hydrogen-bond donors (Lipinski definition) is 2. The zero-order valence-corrected chi connectivity index (χ0v) is 18.5. The number of pyridine rings is 2. The second-order valence-electron chi connectivity index (χ2n) is 7.08. The maximum Gasteiger partial charge on any atom is 0.339 e. The highest BCUT2D eigenvalue weighted by Gasteiger charge is 2.17. The summed E-state index contributed by atoms with van der Waals surface area (Å²) in [7, 11) is 0. The van der Waals surface area contributed by atoms with Crippen LogP contribution in [-0.2, 0) is 11.3 Å². The first-order valence-electron chi connectivity index (χ1n) is 10.2. The summed E-state index contributed by atoms with van der Waals surface area (Å²) in [5.41, 5.74) is 3.38. The zero-order chi connectivity index (χ0) is 22.5. The number of hydrogen-bond acceptors (Lipinski definition) is 7. The standard InChI is InChI=1S/C24H22N4O3S/c1-3-31-24(30)18-12-19(22(29)27-15(18)2)20-14-32-23(28-20)17-9-10-25-21(11-17)26-13-16-7-5-4-6-8-16/h4-12,14H,3,13H2,1-2H3,(H,25,26)(H,27,29). The first-order valence-corrected chi connectivity index (χ1v) is 11.0. The Labute approximate surface area is 189 Å². The fraction of sp³-hybridized carbons (Fsp3) is 0.167. The van der Waals surface area contributed by atoms with Gasteiger partial charge < -0.3 is 15.0 Å². The third-order valence-corrected chi connectivity index (χ3v) is 5.73. The predicted molar refractivity (Wildman–Crippen MR) is 126 cm³/mol. The number of esters is 1. The van der Waals surface area contributed by atoms with E-state index in [4.69, 9.17) is 4.74 Å². The highest BCUT2D eigenvalue weighted by molar-refractivity contribution is 7.13. The Bertz CT molecular complexity index is 1300. The van der Waals surface area contributed by atoms with E-state index in [0.29, 0.717) is 29.1 Å². The van der Waals surface area contributed by atoms with Crippen LogP contribution in [0.2, 0.25) is 0 Å².